The summed E-state index contributed by atoms with van der Waals surface area (Å²) in [7, 11) is 1.74. The molecule has 17 heavy (non-hydrogen) atoms. The topological polar surface area (TPSA) is 30.5 Å². The van der Waals surface area contributed by atoms with E-state index in [1.54, 1.807) is 7.11 Å². The minimum Gasteiger partial charge on any atom is -0.384 e. The molecule has 0 heterocycles. The van der Waals surface area contributed by atoms with Crippen LogP contribution in [-0.2, 0) is 16.1 Å². The van der Waals surface area contributed by atoms with Gasteiger partial charge in [0.25, 0.3) is 0 Å². The quantitative estimate of drug-likeness (QED) is 0.754. The Kier molecular flexibility index (Phi) is 6.67. The zero-order valence-electron chi connectivity index (χ0n) is 11.0. The summed E-state index contributed by atoms with van der Waals surface area (Å²) in [4.78, 5) is 0. The van der Waals surface area contributed by atoms with Gasteiger partial charge < -0.3 is 14.8 Å². The Balaban J connectivity index is 2.51. The van der Waals surface area contributed by atoms with Gasteiger partial charge in [0, 0.05) is 31.5 Å². The molecule has 0 aliphatic heterocycles. The van der Waals surface area contributed by atoms with Gasteiger partial charge in [0.15, 0.2) is 0 Å². The van der Waals surface area contributed by atoms with Crippen molar-refractivity contribution in [2.24, 2.45) is 5.92 Å². The summed E-state index contributed by atoms with van der Waals surface area (Å²) >= 11 is 0. The fourth-order valence-electron chi connectivity index (χ4n) is 1.66. The summed E-state index contributed by atoms with van der Waals surface area (Å²) in [6.45, 7) is 7.28. The summed E-state index contributed by atoms with van der Waals surface area (Å²) in [5.74, 6) is 0.500. The molecule has 0 fully saturated rings. The van der Waals surface area contributed by atoms with E-state index in [2.05, 4.69) is 24.4 Å². The Morgan fingerprint density at radius 3 is 2.76 bits per heavy atom. The molecule has 0 saturated carbocycles. The number of para-hydroxylation sites is 1. The van der Waals surface area contributed by atoms with Crippen LogP contribution in [0, 0.1) is 5.92 Å². The van der Waals surface area contributed by atoms with E-state index in [9.17, 15) is 0 Å². The van der Waals surface area contributed by atoms with Crippen LogP contribution in [0.5, 0.6) is 0 Å². The van der Waals surface area contributed by atoms with E-state index >= 15 is 0 Å². The molecule has 3 nitrogen and oxygen atoms in total. The Morgan fingerprint density at radius 1 is 1.29 bits per heavy atom. The molecule has 0 saturated heterocycles. The molecule has 0 aromatic heterocycles. The Morgan fingerprint density at radius 2 is 2.06 bits per heavy atom. The molecule has 1 unspecified atom stereocenters. The molecular formula is C14H23NO2. The van der Waals surface area contributed by atoms with Crippen molar-refractivity contribution in [3.05, 3.63) is 29.8 Å². The highest BCUT2D eigenvalue weighted by Crippen LogP contribution is 2.16. The maximum Gasteiger partial charge on any atom is 0.0736 e. The van der Waals surface area contributed by atoms with Crippen LogP contribution in [0.15, 0.2) is 24.3 Å². The Hall–Kier alpha value is -1.06. The van der Waals surface area contributed by atoms with Gasteiger partial charge >= 0.3 is 0 Å². The van der Waals surface area contributed by atoms with Gasteiger partial charge in [0.1, 0.15) is 0 Å². The molecule has 0 aliphatic rings. The minimum atomic E-state index is 0.500. The summed E-state index contributed by atoms with van der Waals surface area (Å²) in [5.41, 5.74) is 2.36. The normalized spacial score (nSPS) is 12.4. The standard InChI is InChI=1S/C14H23NO2/c1-4-17-11-13-7-5-6-8-14(13)15-9-12(2)10-16-3/h5-8,12,15H,4,9-11H2,1-3H3. The lowest BCUT2D eigenvalue weighted by Gasteiger charge is -2.15. The number of methoxy groups -OCH3 is 1. The maximum atomic E-state index is 5.45. The van der Waals surface area contributed by atoms with Crippen molar-refractivity contribution in [2.45, 2.75) is 20.5 Å². The third kappa shape index (κ3) is 5.20. The Labute approximate surface area is 104 Å². The summed E-state index contributed by atoms with van der Waals surface area (Å²) < 4.78 is 10.6. The molecule has 1 aromatic carbocycles. The van der Waals surface area contributed by atoms with Crippen LogP contribution in [0.3, 0.4) is 0 Å². The lowest BCUT2D eigenvalue weighted by Crippen LogP contribution is -2.16. The number of rotatable bonds is 8. The van der Waals surface area contributed by atoms with Gasteiger partial charge in [-0.25, -0.2) is 0 Å². The van der Waals surface area contributed by atoms with Crippen LogP contribution in [0.25, 0.3) is 0 Å². The van der Waals surface area contributed by atoms with Crippen LogP contribution >= 0.6 is 0 Å². The van der Waals surface area contributed by atoms with Gasteiger partial charge in [0.2, 0.25) is 0 Å². The van der Waals surface area contributed by atoms with Gasteiger partial charge in [-0.05, 0) is 18.9 Å². The average molecular weight is 237 g/mol. The number of hydrogen-bond acceptors (Lipinski definition) is 3. The monoisotopic (exact) mass is 237 g/mol. The van der Waals surface area contributed by atoms with E-state index in [4.69, 9.17) is 9.47 Å². The van der Waals surface area contributed by atoms with Crippen molar-refractivity contribution >= 4 is 5.69 Å². The number of anilines is 1. The minimum absolute atomic E-state index is 0.500. The largest absolute Gasteiger partial charge is 0.384 e. The third-order valence-corrected chi connectivity index (χ3v) is 2.57. The summed E-state index contributed by atoms with van der Waals surface area (Å²) in [6.07, 6.45) is 0. The number of hydrogen-bond donors (Lipinski definition) is 1. The number of benzene rings is 1. The zero-order valence-corrected chi connectivity index (χ0v) is 11.0. The average Bonchev–Trinajstić information content (AvgIpc) is 2.35. The van der Waals surface area contributed by atoms with E-state index in [1.165, 1.54) is 5.56 Å². The lowest BCUT2D eigenvalue weighted by molar-refractivity contribution is 0.134. The molecule has 0 bridgehead atoms. The molecule has 0 spiro atoms. The van der Waals surface area contributed by atoms with Crippen molar-refractivity contribution < 1.29 is 9.47 Å². The van der Waals surface area contributed by atoms with Crippen LogP contribution in [0.2, 0.25) is 0 Å². The SMILES string of the molecule is CCOCc1ccccc1NCC(C)COC. The third-order valence-electron chi connectivity index (χ3n) is 2.57. The van der Waals surface area contributed by atoms with Gasteiger partial charge in [-0.15, -0.1) is 0 Å². The molecule has 0 aliphatic carbocycles. The van der Waals surface area contributed by atoms with Crippen molar-refractivity contribution in [2.75, 3.05) is 32.2 Å². The highest BCUT2D eigenvalue weighted by molar-refractivity contribution is 5.50. The molecule has 0 radical (unpaired) electrons. The molecule has 3 heteroatoms. The first-order valence-electron chi connectivity index (χ1n) is 6.16. The zero-order chi connectivity index (χ0) is 12.5. The molecule has 1 atom stereocenters. The Bertz CT molecular complexity index is 315. The molecule has 1 N–H and O–H groups in total. The van der Waals surface area contributed by atoms with Crippen LogP contribution < -0.4 is 5.32 Å². The summed E-state index contributed by atoms with van der Waals surface area (Å²) in [5, 5.41) is 3.45. The predicted molar refractivity (Wildman–Crippen MR) is 71.3 cm³/mol. The first-order valence-corrected chi connectivity index (χ1v) is 6.16. The van der Waals surface area contributed by atoms with Crippen molar-refractivity contribution in [3.63, 3.8) is 0 Å². The molecule has 1 rings (SSSR count). The number of nitrogens with one attached hydrogen (secondary N) is 1. The van der Waals surface area contributed by atoms with Crippen LogP contribution in [0.4, 0.5) is 5.69 Å². The second-order valence-corrected chi connectivity index (χ2v) is 4.24. The van der Waals surface area contributed by atoms with Crippen LogP contribution in [0.1, 0.15) is 19.4 Å². The molecular weight excluding hydrogens is 214 g/mol. The van der Waals surface area contributed by atoms with E-state index in [1.807, 2.05) is 19.1 Å². The first kappa shape index (κ1) is 14.0. The van der Waals surface area contributed by atoms with Gasteiger partial charge in [0.05, 0.1) is 13.2 Å². The second kappa shape index (κ2) is 8.09. The predicted octanol–water partition coefficient (Wildman–Crippen LogP) is 2.92. The fourth-order valence-corrected chi connectivity index (χ4v) is 1.66. The fraction of sp³-hybridized carbons (Fsp3) is 0.571. The summed E-state index contributed by atoms with van der Waals surface area (Å²) in [6, 6.07) is 8.27. The second-order valence-electron chi connectivity index (χ2n) is 4.24. The van der Waals surface area contributed by atoms with Crippen molar-refractivity contribution in [1.29, 1.82) is 0 Å². The smallest absolute Gasteiger partial charge is 0.0736 e. The van der Waals surface area contributed by atoms with Crippen molar-refractivity contribution in [1.82, 2.24) is 0 Å². The van der Waals surface area contributed by atoms with E-state index in [0.29, 0.717) is 12.5 Å². The van der Waals surface area contributed by atoms with Crippen molar-refractivity contribution in [3.8, 4) is 0 Å². The highest BCUT2D eigenvalue weighted by Gasteiger charge is 2.04. The van der Waals surface area contributed by atoms with Crippen LogP contribution in [-0.4, -0.2) is 26.9 Å². The van der Waals surface area contributed by atoms with E-state index < -0.39 is 0 Å². The van der Waals surface area contributed by atoms with E-state index in [-0.39, 0.29) is 0 Å². The molecule has 0 amide bonds. The van der Waals surface area contributed by atoms with E-state index in [0.717, 1.165) is 25.4 Å². The van der Waals surface area contributed by atoms with Gasteiger partial charge in [-0.2, -0.15) is 0 Å². The number of ether oxygens (including phenoxy) is 2. The maximum absolute atomic E-state index is 5.45. The van der Waals surface area contributed by atoms with Gasteiger partial charge in [-0.3, -0.25) is 0 Å². The first-order chi connectivity index (χ1) is 8.27. The molecule has 96 valence electrons. The highest BCUT2D eigenvalue weighted by atomic mass is 16.5. The molecule has 1 aromatic rings. The lowest BCUT2D eigenvalue weighted by atomic mass is 10.1. The van der Waals surface area contributed by atoms with Gasteiger partial charge in [-0.1, -0.05) is 25.1 Å².